The standard InChI is InChI=1S/C18H16N6O2/c1-3-23-10-14(21-22-23)16-15(19-8-9-20-16)11(2)24-17(25)12-6-4-5-7-13(12)18(24)26/h4-11H,3H2,1-2H3. The molecule has 3 aromatic rings. The number of carbonyl (C=O) groups excluding carboxylic acids is 2. The van der Waals surface area contributed by atoms with Crippen molar-refractivity contribution in [2.45, 2.75) is 26.4 Å². The van der Waals surface area contributed by atoms with Crippen LogP contribution in [0.3, 0.4) is 0 Å². The van der Waals surface area contributed by atoms with Crippen molar-refractivity contribution in [2.75, 3.05) is 0 Å². The monoisotopic (exact) mass is 348 g/mol. The highest BCUT2D eigenvalue weighted by Crippen LogP contribution is 2.33. The van der Waals surface area contributed by atoms with Crippen LogP contribution < -0.4 is 0 Å². The molecule has 3 heterocycles. The van der Waals surface area contributed by atoms with Crippen molar-refractivity contribution in [1.29, 1.82) is 0 Å². The van der Waals surface area contributed by atoms with Crippen LogP contribution in [0.4, 0.5) is 0 Å². The average molecular weight is 348 g/mol. The largest absolute Gasteiger partial charge is 0.269 e. The fourth-order valence-corrected chi connectivity index (χ4v) is 3.10. The molecule has 2 amide bonds. The van der Waals surface area contributed by atoms with E-state index in [0.29, 0.717) is 34.8 Å². The molecule has 8 nitrogen and oxygen atoms in total. The van der Waals surface area contributed by atoms with Crippen molar-refractivity contribution in [3.8, 4) is 11.4 Å². The maximum atomic E-state index is 12.7. The Morgan fingerprint density at radius 1 is 1.04 bits per heavy atom. The van der Waals surface area contributed by atoms with E-state index in [1.807, 2.05) is 6.92 Å². The third kappa shape index (κ3) is 2.38. The Hall–Kier alpha value is -3.42. The van der Waals surface area contributed by atoms with Gasteiger partial charge in [0.05, 0.1) is 29.1 Å². The van der Waals surface area contributed by atoms with Crippen LogP contribution in [0.25, 0.3) is 11.4 Å². The summed E-state index contributed by atoms with van der Waals surface area (Å²) in [6.07, 6.45) is 4.86. The number of imide groups is 1. The summed E-state index contributed by atoms with van der Waals surface area (Å²) in [4.78, 5) is 35.5. The van der Waals surface area contributed by atoms with Gasteiger partial charge >= 0.3 is 0 Å². The first-order valence-electron chi connectivity index (χ1n) is 8.30. The highest BCUT2D eigenvalue weighted by molar-refractivity contribution is 6.21. The van der Waals surface area contributed by atoms with Gasteiger partial charge in [-0.2, -0.15) is 0 Å². The Kier molecular flexibility index (Phi) is 3.80. The van der Waals surface area contributed by atoms with Crippen molar-refractivity contribution in [2.24, 2.45) is 0 Å². The van der Waals surface area contributed by atoms with Crippen LogP contribution in [0.2, 0.25) is 0 Å². The second-order valence-corrected chi connectivity index (χ2v) is 5.95. The molecule has 1 aliphatic heterocycles. The molecule has 1 unspecified atom stereocenters. The molecule has 1 atom stereocenters. The first-order valence-corrected chi connectivity index (χ1v) is 8.30. The van der Waals surface area contributed by atoms with Crippen LogP contribution in [0, 0.1) is 0 Å². The van der Waals surface area contributed by atoms with Gasteiger partial charge in [-0.05, 0) is 26.0 Å². The smallest absolute Gasteiger partial charge is 0.262 e. The Morgan fingerprint density at radius 2 is 1.69 bits per heavy atom. The molecular weight excluding hydrogens is 332 g/mol. The number of aromatic nitrogens is 5. The molecule has 0 bridgehead atoms. The molecule has 0 N–H and O–H groups in total. The molecule has 4 rings (SSSR count). The first-order chi connectivity index (χ1) is 12.6. The molecule has 1 aliphatic rings. The van der Waals surface area contributed by atoms with Gasteiger partial charge in [-0.15, -0.1) is 5.10 Å². The highest BCUT2D eigenvalue weighted by atomic mass is 16.2. The molecule has 0 saturated heterocycles. The fraction of sp³-hybridized carbons (Fsp3) is 0.222. The van der Waals surface area contributed by atoms with Gasteiger partial charge in [0.25, 0.3) is 11.8 Å². The first kappa shape index (κ1) is 16.1. The molecule has 130 valence electrons. The van der Waals surface area contributed by atoms with Crippen molar-refractivity contribution in [3.05, 3.63) is 59.7 Å². The molecule has 0 radical (unpaired) electrons. The number of fused-ring (bicyclic) bond motifs is 1. The van der Waals surface area contributed by atoms with Crippen LogP contribution >= 0.6 is 0 Å². The van der Waals surface area contributed by atoms with Crippen LogP contribution in [-0.2, 0) is 6.54 Å². The predicted octanol–water partition coefficient (Wildman–Crippen LogP) is 2.11. The van der Waals surface area contributed by atoms with Crippen LogP contribution in [0.5, 0.6) is 0 Å². The molecule has 0 fully saturated rings. The third-order valence-corrected chi connectivity index (χ3v) is 4.44. The van der Waals surface area contributed by atoms with E-state index in [-0.39, 0.29) is 11.8 Å². The van der Waals surface area contributed by atoms with Gasteiger partial charge in [-0.1, -0.05) is 17.3 Å². The van der Waals surface area contributed by atoms with E-state index in [9.17, 15) is 9.59 Å². The van der Waals surface area contributed by atoms with E-state index in [4.69, 9.17) is 0 Å². The maximum Gasteiger partial charge on any atom is 0.262 e. The number of nitrogens with zero attached hydrogens (tertiary/aromatic N) is 6. The zero-order chi connectivity index (χ0) is 18.3. The minimum absolute atomic E-state index is 0.327. The van der Waals surface area contributed by atoms with E-state index in [2.05, 4.69) is 20.3 Å². The zero-order valence-electron chi connectivity index (χ0n) is 14.3. The number of carbonyl (C=O) groups is 2. The lowest BCUT2D eigenvalue weighted by Gasteiger charge is -2.23. The second-order valence-electron chi connectivity index (χ2n) is 5.95. The molecule has 0 saturated carbocycles. The number of hydrogen-bond acceptors (Lipinski definition) is 6. The summed E-state index contributed by atoms with van der Waals surface area (Å²) >= 11 is 0. The molecule has 8 heteroatoms. The Morgan fingerprint density at radius 3 is 2.31 bits per heavy atom. The lowest BCUT2D eigenvalue weighted by Crippen LogP contribution is -2.33. The molecule has 26 heavy (non-hydrogen) atoms. The third-order valence-electron chi connectivity index (χ3n) is 4.44. The predicted molar refractivity (Wildman–Crippen MR) is 92.1 cm³/mol. The number of benzene rings is 1. The summed E-state index contributed by atoms with van der Waals surface area (Å²) in [6.45, 7) is 4.40. The van der Waals surface area contributed by atoms with Gasteiger partial charge in [0.2, 0.25) is 0 Å². The Balaban J connectivity index is 1.75. The number of hydrogen-bond donors (Lipinski definition) is 0. The van der Waals surface area contributed by atoms with E-state index in [1.165, 1.54) is 11.1 Å². The lowest BCUT2D eigenvalue weighted by atomic mass is 10.1. The summed E-state index contributed by atoms with van der Waals surface area (Å²) in [5, 5.41) is 8.15. The lowest BCUT2D eigenvalue weighted by molar-refractivity contribution is 0.0592. The van der Waals surface area contributed by atoms with Crippen LogP contribution in [0.1, 0.15) is 46.3 Å². The van der Waals surface area contributed by atoms with E-state index in [1.54, 1.807) is 48.3 Å². The van der Waals surface area contributed by atoms with E-state index in [0.717, 1.165) is 0 Å². The van der Waals surface area contributed by atoms with Crippen molar-refractivity contribution >= 4 is 11.8 Å². The Bertz CT molecular complexity index is 977. The molecule has 2 aromatic heterocycles. The van der Waals surface area contributed by atoms with Gasteiger partial charge in [-0.25, -0.2) is 0 Å². The fourth-order valence-electron chi connectivity index (χ4n) is 3.10. The summed E-state index contributed by atoms with van der Waals surface area (Å²) in [5.41, 5.74) is 2.39. The van der Waals surface area contributed by atoms with Crippen LogP contribution in [0.15, 0.2) is 42.9 Å². The number of rotatable bonds is 4. The Labute approximate surface area is 149 Å². The molecule has 0 spiro atoms. The van der Waals surface area contributed by atoms with Gasteiger partial charge < -0.3 is 0 Å². The highest BCUT2D eigenvalue weighted by Gasteiger charge is 2.40. The topological polar surface area (TPSA) is 93.9 Å². The molecular formula is C18H16N6O2. The van der Waals surface area contributed by atoms with Gasteiger partial charge in [0.1, 0.15) is 11.4 Å². The van der Waals surface area contributed by atoms with E-state index < -0.39 is 6.04 Å². The molecule has 0 aliphatic carbocycles. The SMILES string of the molecule is CCn1cc(-c2nccnc2C(C)N2C(=O)c3ccccc3C2=O)nn1. The quantitative estimate of drug-likeness (QED) is 0.670. The van der Waals surface area contributed by atoms with E-state index >= 15 is 0 Å². The summed E-state index contributed by atoms with van der Waals surface area (Å²) in [5.74, 6) is -0.654. The van der Waals surface area contributed by atoms with Gasteiger partial charge in [0, 0.05) is 18.9 Å². The minimum Gasteiger partial charge on any atom is -0.269 e. The normalized spacial score (nSPS) is 14.6. The van der Waals surface area contributed by atoms with Crippen molar-refractivity contribution < 1.29 is 9.59 Å². The minimum atomic E-state index is -0.585. The number of amides is 2. The summed E-state index contributed by atoms with van der Waals surface area (Å²) < 4.78 is 1.68. The van der Waals surface area contributed by atoms with Crippen molar-refractivity contribution in [1.82, 2.24) is 29.9 Å². The van der Waals surface area contributed by atoms with Crippen LogP contribution in [-0.4, -0.2) is 41.7 Å². The molecule has 1 aromatic carbocycles. The average Bonchev–Trinajstić information content (AvgIpc) is 3.25. The van der Waals surface area contributed by atoms with Gasteiger partial charge in [-0.3, -0.25) is 29.1 Å². The summed E-state index contributed by atoms with van der Waals surface area (Å²) in [6, 6.07) is 6.22. The zero-order valence-corrected chi connectivity index (χ0v) is 14.3. The van der Waals surface area contributed by atoms with Crippen molar-refractivity contribution in [3.63, 3.8) is 0 Å². The summed E-state index contributed by atoms with van der Waals surface area (Å²) in [7, 11) is 0. The number of aryl methyl sites for hydroxylation is 1. The maximum absolute atomic E-state index is 12.7. The second kappa shape index (κ2) is 6.14. The van der Waals surface area contributed by atoms with Gasteiger partial charge in [0.15, 0.2) is 0 Å².